The number of aryl methyl sites for hydroxylation is 1. The summed E-state index contributed by atoms with van der Waals surface area (Å²) in [7, 11) is 1.84. The molecule has 27 heavy (non-hydrogen) atoms. The van der Waals surface area contributed by atoms with Crippen LogP contribution in [0.4, 0.5) is 4.39 Å². The molecule has 0 saturated heterocycles. The summed E-state index contributed by atoms with van der Waals surface area (Å²) < 4.78 is 15.6. The van der Waals surface area contributed by atoms with Gasteiger partial charge in [-0.3, -0.25) is 4.79 Å². The Kier molecular flexibility index (Phi) is 4.42. The second-order valence-electron chi connectivity index (χ2n) is 6.42. The number of imidazole rings is 1. The molecular formula is C22H18FN3O. The smallest absolute Gasteiger partial charge is 0.252 e. The zero-order valence-electron chi connectivity index (χ0n) is 14.8. The Morgan fingerprint density at radius 2 is 1.85 bits per heavy atom. The van der Waals surface area contributed by atoms with Crippen LogP contribution in [0.5, 0.6) is 0 Å². The van der Waals surface area contributed by atoms with E-state index in [2.05, 4.69) is 10.3 Å². The number of carbonyl (C=O) groups is 1. The summed E-state index contributed by atoms with van der Waals surface area (Å²) in [6, 6.07) is 19.1. The molecule has 1 heterocycles. The lowest BCUT2D eigenvalue weighted by Crippen LogP contribution is -2.31. The minimum Gasteiger partial charge on any atom is -0.338 e. The lowest BCUT2D eigenvalue weighted by molar-refractivity contribution is 0.0941. The van der Waals surface area contributed by atoms with Gasteiger partial charge in [0.1, 0.15) is 17.7 Å². The van der Waals surface area contributed by atoms with Crippen molar-refractivity contribution in [1.82, 2.24) is 14.9 Å². The van der Waals surface area contributed by atoms with Gasteiger partial charge in [-0.15, -0.1) is 0 Å². The summed E-state index contributed by atoms with van der Waals surface area (Å²) >= 11 is 0. The van der Waals surface area contributed by atoms with Gasteiger partial charge >= 0.3 is 0 Å². The van der Waals surface area contributed by atoms with Gasteiger partial charge in [0.2, 0.25) is 0 Å². The van der Waals surface area contributed by atoms with E-state index in [0.29, 0.717) is 17.0 Å². The first kappa shape index (κ1) is 17.0. The van der Waals surface area contributed by atoms with E-state index in [1.165, 1.54) is 12.1 Å². The molecule has 0 aliphatic heterocycles. The Morgan fingerprint density at radius 3 is 2.59 bits per heavy atom. The first-order valence-corrected chi connectivity index (χ1v) is 8.64. The highest BCUT2D eigenvalue weighted by atomic mass is 19.1. The minimum absolute atomic E-state index is 0.238. The maximum absolute atomic E-state index is 13.8. The van der Waals surface area contributed by atoms with Crippen LogP contribution in [0.3, 0.4) is 0 Å². The molecule has 1 amide bonds. The zero-order chi connectivity index (χ0) is 18.8. The minimum atomic E-state index is -0.556. The third-order valence-corrected chi connectivity index (χ3v) is 4.59. The summed E-state index contributed by atoms with van der Waals surface area (Å²) in [6.07, 6.45) is 3.45. The number of benzene rings is 3. The Morgan fingerprint density at radius 1 is 1.04 bits per heavy atom. The molecule has 0 bridgehead atoms. The van der Waals surface area contributed by atoms with Gasteiger partial charge in [0.15, 0.2) is 0 Å². The number of hydrogen-bond donors (Lipinski definition) is 1. The molecule has 0 saturated carbocycles. The lowest BCUT2D eigenvalue weighted by Gasteiger charge is -2.19. The number of amides is 1. The third-order valence-electron chi connectivity index (χ3n) is 4.59. The number of rotatable bonds is 4. The van der Waals surface area contributed by atoms with Crippen molar-refractivity contribution in [1.29, 1.82) is 0 Å². The molecule has 0 spiro atoms. The molecule has 4 rings (SSSR count). The summed E-state index contributed by atoms with van der Waals surface area (Å²) in [6.45, 7) is 0. The summed E-state index contributed by atoms with van der Waals surface area (Å²) in [5.74, 6) is 0.0411. The second-order valence-corrected chi connectivity index (χ2v) is 6.42. The normalized spacial score (nSPS) is 12.1. The zero-order valence-corrected chi connectivity index (χ0v) is 14.8. The Balaban J connectivity index is 1.70. The van der Waals surface area contributed by atoms with Crippen LogP contribution in [0.25, 0.3) is 10.8 Å². The maximum Gasteiger partial charge on any atom is 0.252 e. The van der Waals surface area contributed by atoms with Gasteiger partial charge in [0.25, 0.3) is 5.91 Å². The van der Waals surface area contributed by atoms with E-state index in [-0.39, 0.29) is 11.7 Å². The monoisotopic (exact) mass is 359 g/mol. The predicted molar refractivity (Wildman–Crippen MR) is 103 cm³/mol. The van der Waals surface area contributed by atoms with Gasteiger partial charge < -0.3 is 9.88 Å². The van der Waals surface area contributed by atoms with Crippen molar-refractivity contribution in [3.63, 3.8) is 0 Å². The second kappa shape index (κ2) is 7.03. The van der Waals surface area contributed by atoms with Crippen LogP contribution < -0.4 is 5.32 Å². The van der Waals surface area contributed by atoms with E-state index in [1.54, 1.807) is 30.6 Å². The Labute approximate surface area is 156 Å². The largest absolute Gasteiger partial charge is 0.338 e. The molecule has 1 aromatic heterocycles. The molecular weight excluding hydrogens is 341 g/mol. The molecule has 0 unspecified atom stereocenters. The van der Waals surface area contributed by atoms with Crippen molar-refractivity contribution < 1.29 is 9.18 Å². The fourth-order valence-corrected chi connectivity index (χ4v) is 3.18. The van der Waals surface area contributed by atoms with Gasteiger partial charge in [0, 0.05) is 25.0 Å². The standard InChI is InChI=1S/C22H18FN3O/c1-26-12-11-24-21(26)20(17-7-4-8-19(23)14-17)25-22(27)18-10-9-15-5-2-3-6-16(15)13-18/h2-14,20H,1H3,(H,25,27)/t20-/m0/s1. The number of carbonyl (C=O) groups excluding carboxylic acids is 1. The van der Waals surface area contributed by atoms with E-state index >= 15 is 0 Å². The molecule has 0 radical (unpaired) electrons. The lowest BCUT2D eigenvalue weighted by atomic mass is 10.0. The van der Waals surface area contributed by atoms with Crippen LogP contribution >= 0.6 is 0 Å². The molecule has 5 heteroatoms. The van der Waals surface area contributed by atoms with E-state index in [1.807, 2.05) is 48.0 Å². The van der Waals surface area contributed by atoms with Crippen LogP contribution in [0, 0.1) is 5.82 Å². The van der Waals surface area contributed by atoms with E-state index in [0.717, 1.165) is 10.8 Å². The van der Waals surface area contributed by atoms with Gasteiger partial charge in [-0.1, -0.05) is 42.5 Å². The molecule has 1 N–H and O–H groups in total. The van der Waals surface area contributed by atoms with Gasteiger partial charge in [-0.25, -0.2) is 9.37 Å². The van der Waals surface area contributed by atoms with Gasteiger partial charge in [-0.05, 0) is 40.6 Å². The molecule has 1 atom stereocenters. The Bertz CT molecular complexity index is 1120. The van der Waals surface area contributed by atoms with E-state index < -0.39 is 6.04 Å². The number of aromatic nitrogens is 2. The highest BCUT2D eigenvalue weighted by molar-refractivity contribution is 5.98. The van der Waals surface area contributed by atoms with Crippen LogP contribution in [0.15, 0.2) is 79.1 Å². The maximum atomic E-state index is 13.8. The molecule has 0 aliphatic rings. The van der Waals surface area contributed by atoms with Crippen LogP contribution in [0.1, 0.15) is 27.8 Å². The highest BCUT2D eigenvalue weighted by Crippen LogP contribution is 2.23. The average Bonchev–Trinajstić information content (AvgIpc) is 3.11. The van der Waals surface area contributed by atoms with Crippen molar-refractivity contribution in [2.45, 2.75) is 6.04 Å². The van der Waals surface area contributed by atoms with E-state index in [4.69, 9.17) is 0 Å². The quantitative estimate of drug-likeness (QED) is 0.593. The summed E-state index contributed by atoms with van der Waals surface area (Å²) in [5.41, 5.74) is 1.18. The third kappa shape index (κ3) is 3.44. The number of fused-ring (bicyclic) bond motifs is 1. The summed E-state index contributed by atoms with van der Waals surface area (Å²) in [5, 5.41) is 5.06. The number of nitrogens with one attached hydrogen (secondary N) is 1. The van der Waals surface area contributed by atoms with Crippen molar-refractivity contribution in [3.05, 3.63) is 102 Å². The molecule has 134 valence electrons. The fourth-order valence-electron chi connectivity index (χ4n) is 3.18. The predicted octanol–water partition coefficient (Wildman–Crippen LogP) is 4.23. The first-order chi connectivity index (χ1) is 13.1. The summed E-state index contributed by atoms with van der Waals surface area (Å²) in [4.78, 5) is 17.3. The van der Waals surface area contributed by atoms with E-state index in [9.17, 15) is 9.18 Å². The first-order valence-electron chi connectivity index (χ1n) is 8.64. The van der Waals surface area contributed by atoms with Crippen LogP contribution in [-0.2, 0) is 7.05 Å². The fraction of sp³-hybridized carbons (Fsp3) is 0.0909. The molecule has 0 aliphatic carbocycles. The van der Waals surface area contributed by atoms with Crippen molar-refractivity contribution in [2.75, 3.05) is 0 Å². The number of nitrogens with zero attached hydrogens (tertiary/aromatic N) is 2. The van der Waals surface area contributed by atoms with Crippen molar-refractivity contribution in [2.24, 2.45) is 7.05 Å². The number of halogens is 1. The molecule has 4 aromatic rings. The highest BCUT2D eigenvalue weighted by Gasteiger charge is 2.22. The van der Waals surface area contributed by atoms with Gasteiger partial charge in [-0.2, -0.15) is 0 Å². The van der Waals surface area contributed by atoms with Crippen molar-refractivity contribution >= 4 is 16.7 Å². The SMILES string of the molecule is Cn1ccnc1[C@@H](NC(=O)c1ccc2ccccc2c1)c1cccc(F)c1. The topological polar surface area (TPSA) is 46.9 Å². The van der Waals surface area contributed by atoms with Crippen molar-refractivity contribution in [3.8, 4) is 0 Å². The van der Waals surface area contributed by atoms with Crippen LogP contribution in [-0.4, -0.2) is 15.5 Å². The van der Waals surface area contributed by atoms with Crippen LogP contribution in [0.2, 0.25) is 0 Å². The molecule has 3 aromatic carbocycles. The molecule has 0 fully saturated rings. The average molecular weight is 359 g/mol. The number of hydrogen-bond acceptors (Lipinski definition) is 2. The Hall–Kier alpha value is -3.47. The van der Waals surface area contributed by atoms with Gasteiger partial charge in [0.05, 0.1) is 0 Å². The molecule has 4 nitrogen and oxygen atoms in total.